The molecule has 0 saturated carbocycles. The van der Waals surface area contributed by atoms with E-state index in [4.69, 9.17) is 0 Å². The molecule has 0 saturated heterocycles. The average Bonchev–Trinajstić information content (AvgIpc) is 2.61. The normalized spacial score (nSPS) is 12.0. The lowest BCUT2D eigenvalue weighted by atomic mass is 10.2. The van der Waals surface area contributed by atoms with Crippen LogP contribution < -0.4 is 0 Å². The van der Waals surface area contributed by atoms with Crippen LogP contribution >= 0.6 is 0 Å². The van der Waals surface area contributed by atoms with Crippen LogP contribution in [0.15, 0.2) is 58.4 Å². The minimum atomic E-state index is -3.51. The Hall–Kier alpha value is -2.58. The summed E-state index contributed by atoms with van der Waals surface area (Å²) in [7, 11) is -3.51. The fourth-order valence-corrected chi connectivity index (χ4v) is 3.78. The van der Waals surface area contributed by atoms with Crippen LogP contribution in [0.4, 0.5) is 11.4 Å². The summed E-state index contributed by atoms with van der Waals surface area (Å²) in [5.74, 6) is 0. The molecule has 0 aliphatic heterocycles. The molecule has 2 rings (SSSR count). The first-order chi connectivity index (χ1) is 11.9. The van der Waals surface area contributed by atoms with E-state index >= 15 is 0 Å². The van der Waals surface area contributed by atoms with Crippen LogP contribution in [0.1, 0.15) is 19.4 Å². The molecule has 0 aliphatic carbocycles. The molecule has 0 aliphatic rings. The minimum absolute atomic E-state index is 0.0352. The summed E-state index contributed by atoms with van der Waals surface area (Å²) < 4.78 is 26.2. The lowest BCUT2D eigenvalue weighted by Gasteiger charge is -2.18. The number of nitro benzene ring substituents is 1. The van der Waals surface area contributed by atoms with E-state index in [1.807, 2.05) is 0 Å². The number of hydrogen-bond acceptors (Lipinski definition) is 5. The molecule has 0 N–H and O–H groups in total. The van der Waals surface area contributed by atoms with Gasteiger partial charge in [-0.1, -0.05) is 26.0 Å². The number of nitro groups is 1. The molecule has 8 heteroatoms. The van der Waals surface area contributed by atoms with E-state index in [0.717, 1.165) is 0 Å². The maximum Gasteiger partial charge on any atom is 0.278 e. The summed E-state index contributed by atoms with van der Waals surface area (Å²) in [5.41, 5.74) is 0.857. The van der Waals surface area contributed by atoms with Crippen molar-refractivity contribution in [2.45, 2.75) is 18.7 Å². The molecule has 2 aromatic rings. The minimum Gasteiger partial charge on any atom is -0.258 e. The second kappa shape index (κ2) is 8.00. The first-order valence-electron chi connectivity index (χ1n) is 7.77. The molecule has 0 fully saturated rings. The van der Waals surface area contributed by atoms with Crippen molar-refractivity contribution < 1.29 is 13.3 Å². The Kier molecular flexibility index (Phi) is 6.00. The fourth-order valence-electron chi connectivity index (χ4n) is 2.32. The number of nitrogens with zero attached hydrogens (tertiary/aromatic N) is 3. The van der Waals surface area contributed by atoms with Gasteiger partial charge in [0.25, 0.3) is 5.69 Å². The van der Waals surface area contributed by atoms with Gasteiger partial charge in [-0.15, -0.1) is 0 Å². The van der Waals surface area contributed by atoms with E-state index < -0.39 is 14.9 Å². The van der Waals surface area contributed by atoms with E-state index in [1.165, 1.54) is 28.7 Å². The van der Waals surface area contributed by atoms with Gasteiger partial charge in [0.15, 0.2) is 0 Å². The predicted octanol–water partition coefficient (Wildman–Crippen LogP) is 3.38. The third kappa shape index (κ3) is 4.28. The SMILES string of the molecule is CCN(CC)S(=O)(=O)c1ccc(N=Cc2ccccc2[N+](=O)[O-])cc1. The molecule has 0 heterocycles. The lowest BCUT2D eigenvalue weighted by molar-refractivity contribution is -0.385. The van der Waals surface area contributed by atoms with Crippen LogP contribution in [0, 0.1) is 10.1 Å². The maximum absolute atomic E-state index is 12.4. The van der Waals surface area contributed by atoms with Crippen molar-refractivity contribution in [1.29, 1.82) is 0 Å². The van der Waals surface area contributed by atoms with Gasteiger partial charge in [0.1, 0.15) is 0 Å². The highest BCUT2D eigenvalue weighted by atomic mass is 32.2. The van der Waals surface area contributed by atoms with Gasteiger partial charge >= 0.3 is 0 Å². The number of para-hydroxylation sites is 1. The van der Waals surface area contributed by atoms with Crippen LogP contribution in [-0.4, -0.2) is 37.0 Å². The van der Waals surface area contributed by atoms with Crippen LogP contribution in [0.5, 0.6) is 0 Å². The number of hydrogen-bond donors (Lipinski definition) is 0. The quantitative estimate of drug-likeness (QED) is 0.429. The van der Waals surface area contributed by atoms with Crippen LogP contribution in [-0.2, 0) is 10.0 Å². The largest absolute Gasteiger partial charge is 0.278 e. The highest BCUT2D eigenvalue weighted by Gasteiger charge is 2.21. The first-order valence-corrected chi connectivity index (χ1v) is 9.21. The van der Waals surface area contributed by atoms with Crippen molar-refractivity contribution in [2.24, 2.45) is 4.99 Å². The van der Waals surface area contributed by atoms with Gasteiger partial charge < -0.3 is 0 Å². The number of benzene rings is 2. The van der Waals surface area contributed by atoms with Gasteiger partial charge in [-0.05, 0) is 30.3 Å². The summed E-state index contributed by atoms with van der Waals surface area (Å²) >= 11 is 0. The first kappa shape index (κ1) is 18.8. The molecule has 2 aromatic carbocycles. The molecule has 0 atom stereocenters. The molecular weight excluding hydrogens is 342 g/mol. The number of aliphatic imine (C=N–C) groups is 1. The second-order valence-corrected chi connectivity index (χ2v) is 7.10. The Morgan fingerprint density at radius 1 is 1.08 bits per heavy atom. The molecule has 25 heavy (non-hydrogen) atoms. The Balaban J connectivity index is 2.26. The van der Waals surface area contributed by atoms with Crippen molar-refractivity contribution in [3.05, 3.63) is 64.2 Å². The Bertz CT molecular complexity index is 873. The predicted molar refractivity (Wildman–Crippen MR) is 96.9 cm³/mol. The highest BCUT2D eigenvalue weighted by molar-refractivity contribution is 7.89. The molecule has 0 aromatic heterocycles. The summed E-state index contributed by atoms with van der Waals surface area (Å²) in [5, 5.41) is 11.0. The maximum atomic E-state index is 12.4. The highest BCUT2D eigenvalue weighted by Crippen LogP contribution is 2.21. The van der Waals surface area contributed by atoms with E-state index in [0.29, 0.717) is 24.3 Å². The number of sulfonamides is 1. The van der Waals surface area contributed by atoms with E-state index in [2.05, 4.69) is 4.99 Å². The molecule has 0 unspecified atom stereocenters. The van der Waals surface area contributed by atoms with Crippen molar-refractivity contribution in [3.63, 3.8) is 0 Å². The van der Waals surface area contributed by atoms with Crippen molar-refractivity contribution in [1.82, 2.24) is 4.31 Å². The van der Waals surface area contributed by atoms with Crippen LogP contribution in [0.2, 0.25) is 0 Å². The summed E-state index contributed by atoms with van der Waals surface area (Å²) in [6.07, 6.45) is 1.39. The molecule has 132 valence electrons. The smallest absolute Gasteiger partial charge is 0.258 e. The lowest BCUT2D eigenvalue weighted by Crippen LogP contribution is -2.30. The Morgan fingerprint density at radius 3 is 2.24 bits per heavy atom. The molecule has 0 bridgehead atoms. The standard InChI is InChI=1S/C17H19N3O4S/c1-3-19(4-2)25(23,24)16-11-9-15(10-12-16)18-13-14-7-5-6-8-17(14)20(21)22/h5-13H,3-4H2,1-2H3. The van der Waals surface area contributed by atoms with E-state index in [1.54, 1.807) is 44.2 Å². The van der Waals surface area contributed by atoms with Crippen molar-refractivity contribution in [3.8, 4) is 0 Å². The van der Waals surface area contributed by atoms with E-state index in [-0.39, 0.29) is 10.6 Å². The van der Waals surface area contributed by atoms with Crippen molar-refractivity contribution in [2.75, 3.05) is 13.1 Å². The monoisotopic (exact) mass is 361 g/mol. The zero-order valence-corrected chi connectivity index (χ0v) is 14.8. The van der Waals surface area contributed by atoms with Gasteiger partial charge in [0.05, 0.1) is 21.1 Å². The van der Waals surface area contributed by atoms with Crippen LogP contribution in [0.3, 0.4) is 0 Å². The van der Waals surface area contributed by atoms with Gasteiger partial charge in [0, 0.05) is 25.4 Å². The molecule has 7 nitrogen and oxygen atoms in total. The summed E-state index contributed by atoms with van der Waals surface area (Å²) in [6, 6.07) is 12.4. The Morgan fingerprint density at radius 2 is 1.68 bits per heavy atom. The summed E-state index contributed by atoms with van der Waals surface area (Å²) in [4.78, 5) is 14.9. The van der Waals surface area contributed by atoms with Gasteiger partial charge in [0.2, 0.25) is 10.0 Å². The topological polar surface area (TPSA) is 92.9 Å². The number of rotatable bonds is 7. The average molecular weight is 361 g/mol. The van der Waals surface area contributed by atoms with Crippen molar-refractivity contribution >= 4 is 27.6 Å². The molecule has 0 amide bonds. The third-order valence-corrected chi connectivity index (χ3v) is 5.73. The molecular formula is C17H19N3O4S. The van der Waals surface area contributed by atoms with Gasteiger partial charge in [-0.25, -0.2) is 8.42 Å². The van der Waals surface area contributed by atoms with Gasteiger partial charge in [-0.2, -0.15) is 4.31 Å². The van der Waals surface area contributed by atoms with Gasteiger partial charge in [-0.3, -0.25) is 15.1 Å². The Labute approximate surface area is 146 Å². The third-order valence-electron chi connectivity index (χ3n) is 3.67. The second-order valence-electron chi connectivity index (χ2n) is 5.16. The zero-order chi connectivity index (χ0) is 18.4. The molecule has 0 radical (unpaired) electrons. The zero-order valence-electron chi connectivity index (χ0n) is 14.0. The molecule has 0 spiro atoms. The van der Waals surface area contributed by atoms with Crippen LogP contribution in [0.25, 0.3) is 0 Å². The summed E-state index contributed by atoms with van der Waals surface area (Å²) in [6.45, 7) is 4.37. The van der Waals surface area contributed by atoms with E-state index in [9.17, 15) is 18.5 Å². The fraction of sp³-hybridized carbons (Fsp3) is 0.235.